The summed E-state index contributed by atoms with van der Waals surface area (Å²) in [5, 5.41) is 0. The van der Waals surface area contributed by atoms with E-state index >= 15 is 0 Å². The van der Waals surface area contributed by atoms with E-state index < -0.39 is 0 Å². The van der Waals surface area contributed by atoms with Crippen LogP contribution in [-0.4, -0.2) is 73.9 Å². The quantitative estimate of drug-likeness (QED) is 0.534. The second kappa shape index (κ2) is 12.3. The zero-order chi connectivity index (χ0) is 22.9. The maximum absolute atomic E-state index is 12.7. The molecule has 3 rings (SSSR count). The predicted octanol–water partition coefficient (Wildman–Crippen LogP) is 4.24. The highest BCUT2D eigenvalue weighted by atomic mass is 16.5. The van der Waals surface area contributed by atoms with Crippen molar-refractivity contribution in [3.8, 4) is 11.5 Å². The van der Waals surface area contributed by atoms with Crippen LogP contribution in [0.25, 0.3) is 6.08 Å². The fourth-order valence-corrected chi connectivity index (χ4v) is 4.64. The van der Waals surface area contributed by atoms with Gasteiger partial charge < -0.3 is 19.1 Å². The van der Waals surface area contributed by atoms with E-state index in [-0.39, 0.29) is 5.91 Å². The zero-order valence-electron chi connectivity index (χ0n) is 20.2. The molecule has 2 aliphatic heterocycles. The Morgan fingerprint density at radius 3 is 2.47 bits per heavy atom. The molecule has 1 amide bonds. The van der Waals surface area contributed by atoms with E-state index in [2.05, 4.69) is 25.7 Å². The number of hydrogen-bond donors (Lipinski definition) is 0. The number of nitrogens with zero attached hydrogens (tertiary/aromatic N) is 2. The highest BCUT2D eigenvalue weighted by molar-refractivity contribution is 5.91. The van der Waals surface area contributed by atoms with Crippen molar-refractivity contribution < 1.29 is 19.0 Å². The van der Waals surface area contributed by atoms with Crippen molar-refractivity contribution in [2.45, 2.75) is 59.2 Å². The molecule has 178 valence electrons. The number of rotatable bonds is 9. The second-order valence-corrected chi connectivity index (χ2v) is 9.07. The van der Waals surface area contributed by atoms with Crippen LogP contribution in [0.15, 0.2) is 24.3 Å². The lowest BCUT2D eigenvalue weighted by molar-refractivity contribution is -0.127. The van der Waals surface area contributed by atoms with Gasteiger partial charge in [0.05, 0.1) is 25.4 Å². The summed E-state index contributed by atoms with van der Waals surface area (Å²) in [5.74, 6) is 2.22. The Morgan fingerprint density at radius 1 is 1.09 bits per heavy atom. The van der Waals surface area contributed by atoms with Gasteiger partial charge in [0, 0.05) is 38.8 Å². The molecule has 0 aliphatic carbocycles. The third kappa shape index (κ3) is 7.24. The highest BCUT2D eigenvalue weighted by Gasteiger charge is 2.27. The monoisotopic (exact) mass is 444 g/mol. The van der Waals surface area contributed by atoms with Crippen LogP contribution < -0.4 is 9.47 Å². The van der Waals surface area contributed by atoms with Gasteiger partial charge in [0.1, 0.15) is 0 Å². The van der Waals surface area contributed by atoms with E-state index in [0.29, 0.717) is 31.3 Å². The Kier molecular flexibility index (Phi) is 9.42. The van der Waals surface area contributed by atoms with Crippen molar-refractivity contribution in [1.82, 2.24) is 9.80 Å². The van der Waals surface area contributed by atoms with Gasteiger partial charge in [-0.15, -0.1) is 0 Å². The molecule has 1 aromatic rings. The Bertz CT molecular complexity index is 748. The molecule has 0 bridgehead atoms. The molecule has 0 aromatic heterocycles. The van der Waals surface area contributed by atoms with E-state index in [1.165, 1.54) is 0 Å². The molecule has 32 heavy (non-hydrogen) atoms. The average molecular weight is 445 g/mol. The maximum atomic E-state index is 12.7. The number of benzene rings is 1. The van der Waals surface area contributed by atoms with Crippen LogP contribution in [0.2, 0.25) is 0 Å². The van der Waals surface area contributed by atoms with Gasteiger partial charge >= 0.3 is 0 Å². The number of carbonyl (C=O) groups excluding carboxylic acids is 1. The van der Waals surface area contributed by atoms with Gasteiger partial charge in [-0.25, -0.2) is 0 Å². The summed E-state index contributed by atoms with van der Waals surface area (Å²) in [5.41, 5.74) is 0.941. The summed E-state index contributed by atoms with van der Waals surface area (Å²) in [6, 6.07) is 5.83. The predicted molar refractivity (Wildman–Crippen MR) is 128 cm³/mol. The molecule has 0 radical (unpaired) electrons. The number of amides is 1. The smallest absolute Gasteiger partial charge is 0.246 e. The van der Waals surface area contributed by atoms with Gasteiger partial charge in [0.15, 0.2) is 11.5 Å². The minimum absolute atomic E-state index is 0.0846. The molecular formula is C26H40N2O4. The van der Waals surface area contributed by atoms with E-state index in [0.717, 1.165) is 69.0 Å². The minimum Gasteiger partial charge on any atom is -0.490 e. The van der Waals surface area contributed by atoms with E-state index in [9.17, 15) is 4.79 Å². The van der Waals surface area contributed by atoms with Crippen LogP contribution in [0, 0.1) is 5.92 Å². The summed E-state index contributed by atoms with van der Waals surface area (Å²) in [7, 11) is 0. The van der Waals surface area contributed by atoms with Crippen LogP contribution in [0.1, 0.15) is 52.5 Å². The molecular weight excluding hydrogens is 404 g/mol. The second-order valence-electron chi connectivity index (χ2n) is 9.07. The highest BCUT2D eigenvalue weighted by Crippen LogP contribution is 2.29. The van der Waals surface area contributed by atoms with Gasteiger partial charge in [0.25, 0.3) is 0 Å². The molecule has 2 fully saturated rings. The van der Waals surface area contributed by atoms with Crippen LogP contribution >= 0.6 is 0 Å². The normalized spacial score (nSPS) is 22.9. The first-order chi connectivity index (χ1) is 15.5. The van der Waals surface area contributed by atoms with Gasteiger partial charge in [-0.1, -0.05) is 13.0 Å². The molecule has 6 heteroatoms. The molecule has 2 unspecified atom stereocenters. The van der Waals surface area contributed by atoms with Crippen LogP contribution in [0.4, 0.5) is 0 Å². The topological polar surface area (TPSA) is 51.2 Å². The summed E-state index contributed by atoms with van der Waals surface area (Å²) in [6.45, 7) is 14.4. The first kappa shape index (κ1) is 24.6. The summed E-state index contributed by atoms with van der Waals surface area (Å²) in [4.78, 5) is 17.2. The average Bonchev–Trinajstić information content (AvgIpc) is 2.77. The van der Waals surface area contributed by atoms with Crippen molar-refractivity contribution in [2.24, 2.45) is 5.92 Å². The van der Waals surface area contributed by atoms with E-state index in [4.69, 9.17) is 14.2 Å². The van der Waals surface area contributed by atoms with Crippen LogP contribution in [0.3, 0.4) is 0 Å². The first-order valence-corrected chi connectivity index (χ1v) is 12.2. The molecule has 2 aliphatic rings. The van der Waals surface area contributed by atoms with Crippen molar-refractivity contribution >= 4 is 12.0 Å². The number of hydrogen-bond acceptors (Lipinski definition) is 5. The number of carbonyl (C=O) groups is 1. The molecule has 2 heterocycles. The molecule has 2 atom stereocenters. The Balaban J connectivity index is 1.49. The van der Waals surface area contributed by atoms with Crippen LogP contribution in [0.5, 0.6) is 11.5 Å². The number of piperidine rings is 1. The molecule has 0 spiro atoms. The third-order valence-corrected chi connectivity index (χ3v) is 6.09. The van der Waals surface area contributed by atoms with Crippen molar-refractivity contribution in [3.05, 3.63) is 29.8 Å². The first-order valence-electron chi connectivity index (χ1n) is 12.2. The SMILES string of the molecule is CCCOc1ccc(/C=C/C(=O)N2CCC(CN3CC(C)OC(C)C3)CC2)cc1OCC. The molecule has 1 aromatic carbocycles. The largest absolute Gasteiger partial charge is 0.490 e. The van der Waals surface area contributed by atoms with Gasteiger partial charge in [-0.2, -0.15) is 0 Å². The summed E-state index contributed by atoms with van der Waals surface area (Å²) >= 11 is 0. The summed E-state index contributed by atoms with van der Waals surface area (Å²) < 4.78 is 17.3. The molecule has 0 N–H and O–H groups in total. The lowest BCUT2D eigenvalue weighted by atomic mass is 9.95. The Labute approximate surface area is 193 Å². The van der Waals surface area contributed by atoms with Gasteiger partial charge in [-0.3, -0.25) is 9.69 Å². The fraction of sp³-hybridized carbons (Fsp3) is 0.654. The third-order valence-electron chi connectivity index (χ3n) is 6.09. The minimum atomic E-state index is 0.0846. The molecule has 2 saturated heterocycles. The van der Waals surface area contributed by atoms with Crippen LogP contribution in [-0.2, 0) is 9.53 Å². The van der Waals surface area contributed by atoms with E-state index in [1.54, 1.807) is 6.08 Å². The summed E-state index contributed by atoms with van der Waals surface area (Å²) in [6.07, 6.45) is 7.25. The fourth-order valence-electron chi connectivity index (χ4n) is 4.64. The lowest BCUT2D eigenvalue weighted by Crippen LogP contribution is -2.48. The number of morpholine rings is 1. The van der Waals surface area contributed by atoms with Gasteiger partial charge in [-0.05, 0) is 69.7 Å². The molecule has 6 nitrogen and oxygen atoms in total. The number of likely N-dealkylation sites (tertiary alicyclic amines) is 1. The Hall–Kier alpha value is -2.05. The van der Waals surface area contributed by atoms with E-state index in [1.807, 2.05) is 36.1 Å². The van der Waals surface area contributed by atoms with Crippen molar-refractivity contribution in [1.29, 1.82) is 0 Å². The Morgan fingerprint density at radius 2 is 1.81 bits per heavy atom. The number of ether oxygens (including phenoxy) is 3. The standard InChI is InChI=1S/C26H40N2O4/c1-5-15-31-24-9-7-22(16-25(24)30-6-2)8-10-26(29)28-13-11-23(12-14-28)19-27-17-20(3)32-21(4)18-27/h7-10,16,20-21,23H,5-6,11-15,17-19H2,1-4H3/b10-8+. The molecule has 0 saturated carbocycles. The maximum Gasteiger partial charge on any atom is 0.246 e. The van der Waals surface area contributed by atoms with Crippen molar-refractivity contribution in [2.75, 3.05) is 45.9 Å². The van der Waals surface area contributed by atoms with Gasteiger partial charge in [0.2, 0.25) is 5.91 Å². The van der Waals surface area contributed by atoms with Crippen molar-refractivity contribution in [3.63, 3.8) is 0 Å². The zero-order valence-corrected chi connectivity index (χ0v) is 20.2. The lowest BCUT2D eigenvalue weighted by Gasteiger charge is -2.39.